The molecule has 1 heterocycles. The monoisotopic (exact) mass is 396 g/mol. The molecule has 1 aliphatic carbocycles. The highest BCUT2D eigenvalue weighted by atomic mass is 19.4. The normalized spacial score (nSPS) is 19.1. The number of esters is 1. The summed E-state index contributed by atoms with van der Waals surface area (Å²) in [5.41, 5.74) is -0.214. The maximum Gasteiger partial charge on any atom is 0.416 e. The predicted octanol–water partition coefficient (Wildman–Crippen LogP) is 4.14. The van der Waals surface area contributed by atoms with E-state index in [4.69, 9.17) is 4.74 Å². The van der Waals surface area contributed by atoms with Crippen molar-refractivity contribution in [1.82, 2.24) is 0 Å². The van der Waals surface area contributed by atoms with Crippen LogP contribution in [0.4, 0.5) is 24.5 Å². The summed E-state index contributed by atoms with van der Waals surface area (Å²) in [5.74, 6) is -1.02. The molecule has 1 saturated heterocycles. The number of hydrogen-bond donors (Lipinski definition) is 1. The number of hydrogen-bond acceptors (Lipinski definition) is 4. The summed E-state index contributed by atoms with van der Waals surface area (Å²) in [6.45, 7) is 0.918. The molecule has 1 aromatic rings. The van der Waals surface area contributed by atoms with Gasteiger partial charge < -0.3 is 15.0 Å². The molecule has 3 rings (SSSR count). The minimum atomic E-state index is -4.51. The van der Waals surface area contributed by atoms with Crippen LogP contribution in [0.2, 0.25) is 0 Å². The topological polar surface area (TPSA) is 58.6 Å². The van der Waals surface area contributed by atoms with Gasteiger partial charge in [-0.1, -0.05) is 12.2 Å². The van der Waals surface area contributed by atoms with Crippen molar-refractivity contribution in [2.75, 3.05) is 29.9 Å². The van der Waals surface area contributed by atoms with Crippen molar-refractivity contribution in [2.45, 2.75) is 38.3 Å². The molecule has 0 radical (unpaired) electrons. The largest absolute Gasteiger partial charge is 0.456 e. The zero-order valence-corrected chi connectivity index (χ0v) is 15.4. The minimum Gasteiger partial charge on any atom is -0.456 e. The number of nitrogens with one attached hydrogen (secondary N) is 1. The fourth-order valence-electron chi connectivity index (χ4n) is 3.52. The van der Waals surface area contributed by atoms with Gasteiger partial charge in [-0.15, -0.1) is 0 Å². The third-order valence-corrected chi connectivity index (χ3v) is 4.95. The minimum absolute atomic E-state index is 0.0801. The number of anilines is 2. The highest BCUT2D eigenvalue weighted by Crippen LogP contribution is 2.36. The molecule has 1 amide bonds. The lowest BCUT2D eigenvalue weighted by atomic mass is 10.1. The molecule has 5 nitrogen and oxygen atoms in total. The Bertz CT molecular complexity index is 756. The van der Waals surface area contributed by atoms with Gasteiger partial charge in [0.15, 0.2) is 6.61 Å². The van der Waals surface area contributed by atoms with Gasteiger partial charge in [0.2, 0.25) is 0 Å². The van der Waals surface area contributed by atoms with Gasteiger partial charge in [-0.25, -0.2) is 0 Å². The zero-order chi connectivity index (χ0) is 20.1. The number of halogens is 3. The number of carbonyl (C=O) groups excluding carboxylic acids is 2. The molecule has 2 aliphatic rings. The van der Waals surface area contributed by atoms with Gasteiger partial charge in [0.1, 0.15) is 0 Å². The molecule has 0 unspecified atom stereocenters. The van der Waals surface area contributed by atoms with Crippen molar-refractivity contribution < 1.29 is 27.5 Å². The molecule has 28 heavy (non-hydrogen) atoms. The number of amides is 1. The van der Waals surface area contributed by atoms with E-state index in [1.165, 1.54) is 6.07 Å². The van der Waals surface area contributed by atoms with E-state index in [0.717, 1.165) is 50.9 Å². The summed E-state index contributed by atoms with van der Waals surface area (Å²) in [7, 11) is 0. The molecule has 1 aliphatic heterocycles. The van der Waals surface area contributed by atoms with Crippen molar-refractivity contribution in [2.24, 2.45) is 5.92 Å². The van der Waals surface area contributed by atoms with E-state index in [2.05, 4.69) is 5.32 Å². The molecular formula is C20H23F3N2O3. The van der Waals surface area contributed by atoms with E-state index in [9.17, 15) is 22.8 Å². The molecule has 1 aromatic carbocycles. The fraction of sp³-hybridized carbons (Fsp3) is 0.500. The number of rotatable bonds is 6. The molecule has 8 heteroatoms. The van der Waals surface area contributed by atoms with Gasteiger partial charge in [-0.05, 0) is 49.8 Å². The first kappa shape index (κ1) is 20.2. The average molecular weight is 396 g/mol. The number of alkyl halides is 3. The maximum atomic E-state index is 13.1. The highest BCUT2D eigenvalue weighted by molar-refractivity contribution is 5.96. The average Bonchev–Trinajstić information content (AvgIpc) is 3.33. The Morgan fingerprint density at radius 1 is 1.21 bits per heavy atom. The quantitative estimate of drug-likeness (QED) is 0.580. The van der Waals surface area contributed by atoms with Crippen molar-refractivity contribution in [3.05, 3.63) is 35.9 Å². The Morgan fingerprint density at radius 2 is 1.96 bits per heavy atom. The van der Waals surface area contributed by atoms with Gasteiger partial charge in [-0.3, -0.25) is 9.59 Å². The lowest BCUT2D eigenvalue weighted by Gasteiger charge is -2.23. The third kappa shape index (κ3) is 5.27. The summed E-state index contributed by atoms with van der Waals surface area (Å²) >= 11 is 0. The second-order valence-corrected chi connectivity index (χ2v) is 7.10. The first-order valence-corrected chi connectivity index (χ1v) is 9.41. The van der Waals surface area contributed by atoms with Crippen LogP contribution in [-0.4, -0.2) is 31.6 Å². The summed E-state index contributed by atoms with van der Waals surface area (Å²) in [6.07, 6.45) is 3.34. The van der Waals surface area contributed by atoms with Crippen LogP contribution >= 0.6 is 0 Å². The Hall–Kier alpha value is -2.51. The van der Waals surface area contributed by atoms with Crippen molar-refractivity contribution in [3.8, 4) is 0 Å². The maximum absolute atomic E-state index is 13.1. The van der Waals surface area contributed by atoms with E-state index >= 15 is 0 Å². The molecule has 1 N–H and O–H groups in total. The van der Waals surface area contributed by atoms with Crippen LogP contribution < -0.4 is 10.2 Å². The van der Waals surface area contributed by atoms with Crippen LogP contribution in [0.3, 0.4) is 0 Å². The molecule has 0 saturated carbocycles. The summed E-state index contributed by atoms with van der Waals surface area (Å²) in [6, 6.07) is 3.32. The SMILES string of the molecule is O=C(COC(=O)C[C@H]1C=CCC1)Nc1cc(C(F)(F)F)ccc1N1CCCC1. The van der Waals surface area contributed by atoms with E-state index in [0.29, 0.717) is 5.69 Å². The summed E-state index contributed by atoms with van der Waals surface area (Å²) in [4.78, 5) is 25.9. The Morgan fingerprint density at radius 3 is 2.61 bits per heavy atom. The molecule has 1 atom stereocenters. The van der Waals surface area contributed by atoms with E-state index in [-0.39, 0.29) is 18.0 Å². The molecule has 0 aromatic heterocycles. The van der Waals surface area contributed by atoms with E-state index in [1.807, 2.05) is 17.1 Å². The van der Waals surface area contributed by atoms with Crippen molar-refractivity contribution >= 4 is 23.3 Å². The van der Waals surface area contributed by atoms with Gasteiger partial charge in [0.25, 0.3) is 5.91 Å². The first-order valence-electron chi connectivity index (χ1n) is 9.41. The lowest BCUT2D eigenvalue weighted by molar-refractivity contribution is -0.147. The van der Waals surface area contributed by atoms with Gasteiger partial charge in [0, 0.05) is 13.1 Å². The Kier molecular flexibility index (Phi) is 6.26. The van der Waals surface area contributed by atoms with Crippen LogP contribution in [0.25, 0.3) is 0 Å². The molecule has 0 bridgehead atoms. The standard InChI is InChI=1S/C20H23F3N2O3/c21-20(22,23)15-7-8-17(25-9-3-4-10-25)16(12-15)24-18(26)13-28-19(27)11-14-5-1-2-6-14/h1,5,7-8,12,14H,2-4,6,9-11,13H2,(H,24,26)/t14-/m0/s1. The lowest BCUT2D eigenvalue weighted by Crippen LogP contribution is -2.25. The fourth-order valence-corrected chi connectivity index (χ4v) is 3.52. The van der Waals surface area contributed by atoms with Crippen LogP contribution in [0.5, 0.6) is 0 Å². The van der Waals surface area contributed by atoms with Gasteiger partial charge >= 0.3 is 12.1 Å². The van der Waals surface area contributed by atoms with Crippen LogP contribution in [-0.2, 0) is 20.5 Å². The smallest absolute Gasteiger partial charge is 0.416 e. The summed E-state index contributed by atoms with van der Waals surface area (Å²) in [5, 5.41) is 2.48. The van der Waals surface area contributed by atoms with E-state index < -0.39 is 30.2 Å². The van der Waals surface area contributed by atoms with Gasteiger partial charge in [-0.2, -0.15) is 13.2 Å². The second-order valence-electron chi connectivity index (χ2n) is 7.10. The zero-order valence-electron chi connectivity index (χ0n) is 15.4. The number of carbonyl (C=O) groups is 2. The van der Waals surface area contributed by atoms with Crippen LogP contribution in [0, 0.1) is 5.92 Å². The van der Waals surface area contributed by atoms with Crippen molar-refractivity contribution in [1.29, 1.82) is 0 Å². The number of ether oxygens (including phenoxy) is 1. The number of nitrogens with zero attached hydrogens (tertiary/aromatic N) is 1. The first-order chi connectivity index (χ1) is 13.3. The summed E-state index contributed by atoms with van der Waals surface area (Å²) < 4.78 is 44.2. The Labute approximate surface area is 161 Å². The third-order valence-electron chi connectivity index (χ3n) is 4.95. The molecule has 0 spiro atoms. The van der Waals surface area contributed by atoms with Crippen LogP contribution in [0.1, 0.15) is 37.7 Å². The van der Waals surface area contributed by atoms with E-state index in [1.54, 1.807) is 0 Å². The van der Waals surface area contributed by atoms with Gasteiger partial charge in [0.05, 0.1) is 23.4 Å². The predicted molar refractivity (Wildman–Crippen MR) is 99.0 cm³/mol. The molecule has 1 fully saturated rings. The number of allylic oxidation sites excluding steroid dienone is 2. The molecular weight excluding hydrogens is 373 g/mol. The second kappa shape index (κ2) is 8.67. The highest BCUT2D eigenvalue weighted by Gasteiger charge is 2.32. The van der Waals surface area contributed by atoms with Crippen molar-refractivity contribution in [3.63, 3.8) is 0 Å². The Balaban J connectivity index is 1.64. The van der Waals surface area contributed by atoms with Crippen LogP contribution in [0.15, 0.2) is 30.4 Å². The number of benzene rings is 1. The molecule has 152 valence electrons.